The van der Waals surface area contributed by atoms with Gasteiger partial charge in [0.25, 0.3) is 5.22 Å². The molecule has 0 aliphatic rings. The lowest BCUT2D eigenvalue weighted by Crippen LogP contribution is -1.88. The Morgan fingerprint density at radius 1 is 0.926 bits per heavy atom. The first-order valence-electron chi connectivity index (χ1n) is 8.37. The molecular formula is C20H16FN3O2S. The largest absolute Gasteiger partial charge is 0.431 e. The molecule has 0 saturated heterocycles. The normalized spacial score (nSPS) is 12.3. The van der Waals surface area contributed by atoms with Gasteiger partial charge in [-0.25, -0.2) is 9.37 Å². The van der Waals surface area contributed by atoms with E-state index in [-0.39, 0.29) is 11.1 Å². The van der Waals surface area contributed by atoms with Gasteiger partial charge in [0.2, 0.25) is 11.8 Å². The molecule has 1 unspecified atom stereocenters. The van der Waals surface area contributed by atoms with Crippen molar-refractivity contribution in [2.45, 2.75) is 24.3 Å². The number of aromatic nitrogens is 3. The number of oxazole rings is 1. The van der Waals surface area contributed by atoms with Crippen LogP contribution in [0.5, 0.6) is 0 Å². The highest BCUT2D eigenvalue weighted by atomic mass is 32.2. The monoisotopic (exact) mass is 381 g/mol. The number of benzene rings is 2. The van der Waals surface area contributed by atoms with Crippen LogP contribution in [0.1, 0.15) is 23.6 Å². The number of nitrogens with zero attached hydrogens (tertiary/aromatic N) is 3. The van der Waals surface area contributed by atoms with Crippen molar-refractivity contribution in [1.29, 1.82) is 0 Å². The Hall–Kier alpha value is -2.93. The average Bonchev–Trinajstić information content (AvgIpc) is 3.33. The summed E-state index contributed by atoms with van der Waals surface area (Å²) in [6, 6.07) is 14.0. The molecule has 5 nitrogen and oxygen atoms in total. The van der Waals surface area contributed by atoms with E-state index in [0.29, 0.717) is 22.8 Å². The Balaban J connectivity index is 1.47. The van der Waals surface area contributed by atoms with E-state index >= 15 is 0 Å². The zero-order valence-electron chi connectivity index (χ0n) is 14.7. The van der Waals surface area contributed by atoms with E-state index in [9.17, 15) is 4.39 Å². The number of halogens is 1. The lowest BCUT2D eigenvalue weighted by Gasteiger charge is -2.02. The Bertz CT molecular complexity index is 1040. The molecule has 1 atom stereocenters. The molecule has 4 rings (SSSR count). The summed E-state index contributed by atoms with van der Waals surface area (Å²) in [6.07, 6.45) is 1.62. The fraction of sp³-hybridized carbons (Fsp3) is 0.150. The molecule has 0 amide bonds. The van der Waals surface area contributed by atoms with Crippen molar-refractivity contribution in [2.24, 2.45) is 0 Å². The lowest BCUT2D eigenvalue weighted by molar-refractivity contribution is 0.461. The number of thioether (sulfide) groups is 1. The highest BCUT2D eigenvalue weighted by molar-refractivity contribution is 7.99. The van der Waals surface area contributed by atoms with Crippen LogP contribution in [-0.2, 0) is 0 Å². The second-order valence-electron chi connectivity index (χ2n) is 6.07. The molecule has 7 heteroatoms. The maximum absolute atomic E-state index is 13.0. The SMILES string of the molecule is Cc1ccc(-c2nnc(C(C)Sc3ncc(-c4ccc(F)cc4)o3)o2)cc1. The second-order valence-corrected chi connectivity index (χ2v) is 7.36. The maximum atomic E-state index is 13.0. The molecule has 0 spiro atoms. The van der Waals surface area contributed by atoms with Crippen molar-refractivity contribution < 1.29 is 13.2 Å². The van der Waals surface area contributed by atoms with Gasteiger partial charge in [-0.2, -0.15) is 0 Å². The Morgan fingerprint density at radius 2 is 1.63 bits per heavy atom. The van der Waals surface area contributed by atoms with Crippen LogP contribution >= 0.6 is 11.8 Å². The predicted octanol–water partition coefficient (Wildman–Crippen LogP) is 5.69. The first-order valence-corrected chi connectivity index (χ1v) is 9.25. The Labute approximate surface area is 159 Å². The highest BCUT2D eigenvalue weighted by Crippen LogP contribution is 2.36. The number of hydrogen-bond donors (Lipinski definition) is 0. The van der Waals surface area contributed by atoms with Crippen LogP contribution in [0.2, 0.25) is 0 Å². The molecule has 0 radical (unpaired) electrons. The number of hydrogen-bond acceptors (Lipinski definition) is 6. The van der Waals surface area contributed by atoms with E-state index in [1.54, 1.807) is 18.3 Å². The van der Waals surface area contributed by atoms with E-state index in [1.807, 2.05) is 38.1 Å². The van der Waals surface area contributed by atoms with Crippen LogP contribution in [0.15, 0.2) is 68.8 Å². The third kappa shape index (κ3) is 3.93. The quantitative estimate of drug-likeness (QED) is 0.414. The first kappa shape index (κ1) is 17.5. The summed E-state index contributed by atoms with van der Waals surface area (Å²) in [5, 5.41) is 8.62. The molecule has 0 fully saturated rings. The van der Waals surface area contributed by atoms with Gasteiger partial charge in [0.1, 0.15) is 5.82 Å². The first-order chi connectivity index (χ1) is 13.1. The van der Waals surface area contributed by atoms with Crippen molar-refractivity contribution in [1.82, 2.24) is 15.2 Å². The molecule has 2 aromatic heterocycles. The minimum absolute atomic E-state index is 0.128. The third-order valence-electron chi connectivity index (χ3n) is 3.98. The van der Waals surface area contributed by atoms with Gasteiger partial charge in [-0.1, -0.05) is 29.5 Å². The van der Waals surface area contributed by atoms with Gasteiger partial charge in [0.15, 0.2) is 5.76 Å². The predicted molar refractivity (Wildman–Crippen MR) is 101 cm³/mol. The van der Waals surface area contributed by atoms with E-state index in [0.717, 1.165) is 11.1 Å². The fourth-order valence-electron chi connectivity index (χ4n) is 2.47. The standard InChI is InChI=1S/C20H16FN3O2S/c1-12-3-5-15(6-4-12)19-24-23-18(26-19)13(2)27-20-22-11-17(25-20)14-7-9-16(21)10-8-14/h3-11,13H,1-2H3. The van der Waals surface area contributed by atoms with E-state index < -0.39 is 0 Å². The van der Waals surface area contributed by atoms with Gasteiger partial charge in [0, 0.05) is 11.1 Å². The van der Waals surface area contributed by atoms with Crippen molar-refractivity contribution >= 4 is 11.8 Å². The minimum Gasteiger partial charge on any atom is -0.431 e. The van der Waals surface area contributed by atoms with Crippen molar-refractivity contribution in [3.8, 4) is 22.8 Å². The summed E-state index contributed by atoms with van der Waals surface area (Å²) < 4.78 is 24.6. The molecule has 2 aromatic carbocycles. The molecule has 2 heterocycles. The lowest BCUT2D eigenvalue weighted by atomic mass is 10.1. The average molecular weight is 381 g/mol. The molecule has 136 valence electrons. The van der Waals surface area contributed by atoms with Gasteiger partial charge in [-0.3, -0.25) is 0 Å². The van der Waals surface area contributed by atoms with Gasteiger partial charge >= 0.3 is 0 Å². The molecule has 0 saturated carbocycles. The minimum atomic E-state index is -0.290. The molecule has 0 aliphatic heterocycles. The maximum Gasteiger partial charge on any atom is 0.256 e. The summed E-state index contributed by atoms with van der Waals surface area (Å²) in [5.41, 5.74) is 2.82. The highest BCUT2D eigenvalue weighted by Gasteiger charge is 2.19. The smallest absolute Gasteiger partial charge is 0.256 e. The molecule has 0 bridgehead atoms. The van der Waals surface area contributed by atoms with Crippen LogP contribution < -0.4 is 0 Å². The summed E-state index contributed by atoms with van der Waals surface area (Å²) in [6.45, 7) is 3.97. The Morgan fingerprint density at radius 3 is 2.37 bits per heavy atom. The third-order valence-corrected chi connectivity index (χ3v) is 4.92. The van der Waals surface area contributed by atoms with E-state index in [1.165, 1.54) is 29.5 Å². The molecule has 27 heavy (non-hydrogen) atoms. The zero-order chi connectivity index (χ0) is 18.8. The fourth-order valence-corrected chi connectivity index (χ4v) is 3.22. The van der Waals surface area contributed by atoms with Gasteiger partial charge in [-0.15, -0.1) is 10.2 Å². The number of aryl methyl sites for hydroxylation is 1. The van der Waals surface area contributed by atoms with Gasteiger partial charge in [-0.05, 0) is 50.2 Å². The summed E-state index contributed by atoms with van der Waals surface area (Å²) >= 11 is 1.38. The summed E-state index contributed by atoms with van der Waals surface area (Å²) in [7, 11) is 0. The van der Waals surface area contributed by atoms with Crippen LogP contribution in [0.4, 0.5) is 4.39 Å². The molecule has 0 N–H and O–H groups in total. The summed E-state index contributed by atoms with van der Waals surface area (Å²) in [5.74, 6) is 1.27. The van der Waals surface area contributed by atoms with Crippen LogP contribution in [0, 0.1) is 12.7 Å². The van der Waals surface area contributed by atoms with Crippen LogP contribution in [-0.4, -0.2) is 15.2 Å². The van der Waals surface area contributed by atoms with Crippen molar-refractivity contribution in [2.75, 3.05) is 0 Å². The molecule has 4 aromatic rings. The second kappa shape index (κ2) is 7.36. The van der Waals surface area contributed by atoms with E-state index in [2.05, 4.69) is 15.2 Å². The number of rotatable bonds is 5. The summed E-state index contributed by atoms with van der Waals surface area (Å²) in [4.78, 5) is 4.27. The zero-order valence-corrected chi connectivity index (χ0v) is 15.5. The van der Waals surface area contributed by atoms with Gasteiger partial charge in [0.05, 0.1) is 11.4 Å². The van der Waals surface area contributed by atoms with Crippen LogP contribution in [0.25, 0.3) is 22.8 Å². The topological polar surface area (TPSA) is 65.0 Å². The Kier molecular flexibility index (Phi) is 4.77. The van der Waals surface area contributed by atoms with Gasteiger partial charge < -0.3 is 8.83 Å². The molecular weight excluding hydrogens is 365 g/mol. The molecule has 0 aliphatic carbocycles. The van der Waals surface area contributed by atoms with Crippen molar-refractivity contribution in [3.63, 3.8) is 0 Å². The van der Waals surface area contributed by atoms with Crippen molar-refractivity contribution in [3.05, 3.63) is 72.0 Å². The van der Waals surface area contributed by atoms with Crippen LogP contribution in [0.3, 0.4) is 0 Å². The van der Waals surface area contributed by atoms with E-state index in [4.69, 9.17) is 8.83 Å².